The van der Waals surface area contributed by atoms with Gasteiger partial charge in [-0.05, 0) is 64.7 Å². The lowest BCUT2D eigenvalue weighted by Crippen LogP contribution is -1.99. The maximum Gasteiger partial charge on any atom is 0.0619 e. The summed E-state index contributed by atoms with van der Waals surface area (Å²) in [5.41, 5.74) is 14.3. The molecule has 0 atom stereocenters. The highest BCUT2D eigenvalue weighted by Gasteiger charge is 2.20. The summed E-state index contributed by atoms with van der Waals surface area (Å²) in [6.45, 7) is 0. The standard InChI is InChI=1S/C48H32N2/c1-3-15-33(16-4-1)35-29-30-47(43(32-35)34-17-5-2-6-18-34)50-46-28-12-9-23-41(46)42-25-14-24-38(48(42)50)36-19-13-20-37(31-36)49-44-26-10-7-21-39(44)40-22-8-11-27-45(40)49/h1-32H. The number of nitrogens with zero attached hydrogens (tertiary/aromatic N) is 2. The summed E-state index contributed by atoms with van der Waals surface area (Å²) in [6.07, 6.45) is 0. The summed E-state index contributed by atoms with van der Waals surface area (Å²) in [6, 6.07) is 70.4. The van der Waals surface area contributed by atoms with Crippen LogP contribution in [0.15, 0.2) is 194 Å². The minimum atomic E-state index is 1.15. The third kappa shape index (κ3) is 4.43. The van der Waals surface area contributed by atoms with E-state index >= 15 is 0 Å². The first-order valence-electron chi connectivity index (χ1n) is 17.2. The van der Waals surface area contributed by atoms with Crippen LogP contribution in [0.25, 0.3) is 88.4 Å². The van der Waals surface area contributed by atoms with Crippen molar-refractivity contribution < 1.29 is 0 Å². The van der Waals surface area contributed by atoms with E-state index in [-0.39, 0.29) is 0 Å². The van der Waals surface area contributed by atoms with Crippen molar-refractivity contribution in [2.75, 3.05) is 0 Å². The second-order valence-corrected chi connectivity index (χ2v) is 12.9. The molecule has 0 saturated carbocycles. The van der Waals surface area contributed by atoms with Crippen LogP contribution < -0.4 is 0 Å². The minimum Gasteiger partial charge on any atom is -0.309 e. The molecule has 2 heterocycles. The monoisotopic (exact) mass is 636 g/mol. The van der Waals surface area contributed by atoms with Crippen LogP contribution in [-0.4, -0.2) is 9.13 Å². The second kappa shape index (κ2) is 11.5. The van der Waals surface area contributed by atoms with Gasteiger partial charge in [0.1, 0.15) is 0 Å². The molecule has 2 aromatic heterocycles. The molecular weight excluding hydrogens is 605 g/mol. The van der Waals surface area contributed by atoms with Crippen molar-refractivity contribution in [2.24, 2.45) is 0 Å². The minimum absolute atomic E-state index is 1.15. The largest absolute Gasteiger partial charge is 0.309 e. The zero-order chi connectivity index (χ0) is 33.0. The van der Waals surface area contributed by atoms with Gasteiger partial charge in [0.2, 0.25) is 0 Å². The number of benzene rings is 8. The third-order valence-electron chi connectivity index (χ3n) is 10.1. The summed E-state index contributed by atoms with van der Waals surface area (Å²) < 4.78 is 4.89. The Kier molecular flexibility index (Phi) is 6.53. The number of aromatic nitrogens is 2. The van der Waals surface area contributed by atoms with Crippen LogP contribution in [0.4, 0.5) is 0 Å². The Bertz CT molecular complexity index is 2800. The lowest BCUT2D eigenvalue weighted by molar-refractivity contribution is 1.17. The average molecular weight is 637 g/mol. The Balaban J connectivity index is 1.25. The fourth-order valence-electron chi connectivity index (χ4n) is 7.91. The highest BCUT2D eigenvalue weighted by Crippen LogP contribution is 2.42. The Labute approximate surface area is 290 Å². The van der Waals surface area contributed by atoms with Crippen LogP contribution in [0.2, 0.25) is 0 Å². The lowest BCUT2D eigenvalue weighted by atomic mass is 9.96. The van der Waals surface area contributed by atoms with Crippen LogP contribution in [-0.2, 0) is 0 Å². The third-order valence-corrected chi connectivity index (χ3v) is 10.1. The molecule has 234 valence electrons. The van der Waals surface area contributed by atoms with Crippen molar-refractivity contribution in [2.45, 2.75) is 0 Å². The number of hydrogen-bond donors (Lipinski definition) is 0. The van der Waals surface area contributed by atoms with E-state index in [4.69, 9.17) is 0 Å². The predicted molar refractivity (Wildman–Crippen MR) is 211 cm³/mol. The number of fused-ring (bicyclic) bond motifs is 6. The Hall–Kier alpha value is -6.64. The first-order chi connectivity index (χ1) is 24.8. The molecule has 0 spiro atoms. The fraction of sp³-hybridized carbons (Fsp3) is 0. The SMILES string of the molecule is c1ccc(-c2ccc(-n3c4ccccc4c4cccc(-c5cccc(-n6c7ccccc7c7ccccc76)c5)c43)c(-c3ccccc3)c2)cc1. The van der Waals surface area contributed by atoms with Gasteiger partial charge in [0.25, 0.3) is 0 Å². The summed E-state index contributed by atoms with van der Waals surface area (Å²) in [5.74, 6) is 0. The van der Waals surface area contributed by atoms with Gasteiger partial charge in [-0.25, -0.2) is 0 Å². The number of rotatable bonds is 5. The molecule has 0 unspecified atom stereocenters. The molecule has 0 aliphatic rings. The molecule has 2 heteroatoms. The van der Waals surface area contributed by atoms with Gasteiger partial charge in [-0.2, -0.15) is 0 Å². The van der Waals surface area contributed by atoms with E-state index in [0.717, 1.165) is 11.4 Å². The molecule has 2 nitrogen and oxygen atoms in total. The van der Waals surface area contributed by atoms with E-state index in [1.54, 1.807) is 0 Å². The zero-order valence-corrected chi connectivity index (χ0v) is 27.4. The van der Waals surface area contributed by atoms with Gasteiger partial charge >= 0.3 is 0 Å². The van der Waals surface area contributed by atoms with Gasteiger partial charge in [0.05, 0.1) is 27.8 Å². The van der Waals surface area contributed by atoms with Gasteiger partial charge < -0.3 is 9.13 Å². The molecule has 0 aliphatic heterocycles. The van der Waals surface area contributed by atoms with Gasteiger partial charge in [0.15, 0.2) is 0 Å². The van der Waals surface area contributed by atoms with E-state index in [2.05, 4.69) is 203 Å². The maximum absolute atomic E-state index is 2.49. The number of para-hydroxylation sites is 4. The second-order valence-electron chi connectivity index (χ2n) is 12.9. The first kappa shape index (κ1) is 28.4. The van der Waals surface area contributed by atoms with Crippen LogP contribution in [0.3, 0.4) is 0 Å². The molecule has 0 aliphatic carbocycles. The highest BCUT2D eigenvalue weighted by atomic mass is 15.0. The smallest absolute Gasteiger partial charge is 0.0619 e. The van der Waals surface area contributed by atoms with Crippen LogP contribution >= 0.6 is 0 Å². The molecule has 10 aromatic rings. The molecule has 0 radical (unpaired) electrons. The quantitative estimate of drug-likeness (QED) is 0.178. The van der Waals surface area contributed by atoms with E-state index in [1.807, 2.05) is 0 Å². The van der Waals surface area contributed by atoms with Gasteiger partial charge in [0, 0.05) is 38.4 Å². The molecule has 0 saturated heterocycles. The Morgan fingerprint density at radius 1 is 0.280 bits per heavy atom. The Morgan fingerprint density at radius 2 is 0.800 bits per heavy atom. The Morgan fingerprint density at radius 3 is 1.48 bits per heavy atom. The van der Waals surface area contributed by atoms with Crippen LogP contribution in [0, 0.1) is 0 Å². The van der Waals surface area contributed by atoms with Crippen molar-refractivity contribution in [3.63, 3.8) is 0 Å². The molecule has 8 aromatic carbocycles. The summed E-state index contributed by atoms with van der Waals surface area (Å²) in [4.78, 5) is 0. The van der Waals surface area contributed by atoms with E-state index in [1.165, 1.54) is 77.0 Å². The fourth-order valence-corrected chi connectivity index (χ4v) is 7.91. The highest BCUT2D eigenvalue weighted by molar-refractivity contribution is 6.14. The van der Waals surface area contributed by atoms with Crippen molar-refractivity contribution >= 4 is 43.6 Å². The number of hydrogen-bond acceptors (Lipinski definition) is 0. The molecule has 10 rings (SSSR count). The molecule has 0 amide bonds. The summed E-state index contributed by atoms with van der Waals surface area (Å²) in [5, 5.41) is 5.02. The zero-order valence-electron chi connectivity index (χ0n) is 27.4. The summed E-state index contributed by atoms with van der Waals surface area (Å²) >= 11 is 0. The van der Waals surface area contributed by atoms with E-state index < -0.39 is 0 Å². The summed E-state index contributed by atoms with van der Waals surface area (Å²) in [7, 11) is 0. The molecule has 0 N–H and O–H groups in total. The van der Waals surface area contributed by atoms with Gasteiger partial charge in [-0.15, -0.1) is 0 Å². The van der Waals surface area contributed by atoms with Gasteiger partial charge in [-0.3, -0.25) is 0 Å². The first-order valence-corrected chi connectivity index (χ1v) is 17.2. The van der Waals surface area contributed by atoms with Crippen molar-refractivity contribution in [3.05, 3.63) is 194 Å². The average Bonchev–Trinajstić information content (AvgIpc) is 3.72. The predicted octanol–water partition coefficient (Wildman–Crippen LogP) is 12.9. The molecular formula is C48H32N2. The van der Waals surface area contributed by atoms with Crippen LogP contribution in [0.1, 0.15) is 0 Å². The molecule has 0 fully saturated rings. The normalized spacial score (nSPS) is 11.6. The molecule has 0 bridgehead atoms. The topological polar surface area (TPSA) is 9.86 Å². The van der Waals surface area contributed by atoms with Crippen LogP contribution in [0.5, 0.6) is 0 Å². The maximum atomic E-state index is 2.49. The van der Waals surface area contributed by atoms with Gasteiger partial charge in [-0.1, -0.05) is 152 Å². The molecule has 50 heavy (non-hydrogen) atoms. The van der Waals surface area contributed by atoms with E-state index in [9.17, 15) is 0 Å². The van der Waals surface area contributed by atoms with Crippen molar-refractivity contribution in [1.82, 2.24) is 9.13 Å². The van der Waals surface area contributed by atoms with E-state index in [0.29, 0.717) is 0 Å². The lowest BCUT2D eigenvalue weighted by Gasteiger charge is -2.18. The van der Waals surface area contributed by atoms with Crippen molar-refractivity contribution in [3.8, 4) is 44.8 Å². The van der Waals surface area contributed by atoms with Crippen molar-refractivity contribution in [1.29, 1.82) is 0 Å².